The molecular formula is C17H21N3O3S. The van der Waals surface area contributed by atoms with Crippen molar-refractivity contribution < 1.29 is 9.72 Å². The molecule has 0 unspecified atom stereocenters. The lowest BCUT2D eigenvalue weighted by Crippen LogP contribution is -2.26. The zero-order chi connectivity index (χ0) is 17.7. The van der Waals surface area contributed by atoms with Gasteiger partial charge in [0.15, 0.2) is 0 Å². The summed E-state index contributed by atoms with van der Waals surface area (Å²) in [7, 11) is 1.99. The van der Waals surface area contributed by atoms with E-state index in [1.165, 1.54) is 17.0 Å². The number of rotatable bonds is 7. The van der Waals surface area contributed by atoms with Crippen LogP contribution in [0.4, 0.5) is 11.4 Å². The molecule has 1 atom stereocenters. The van der Waals surface area contributed by atoms with Gasteiger partial charge in [0.2, 0.25) is 5.91 Å². The molecule has 0 bridgehead atoms. The Hall–Kier alpha value is -2.25. The van der Waals surface area contributed by atoms with Crippen molar-refractivity contribution in [2.45, 2.75) is 26.3 Å². The van der Waals surface area contributed by atoms with Gasteiger partial charge in [-0.2, -0.15) is 0 Å². The molecule has 2 rings (SSSR count). The quantitative estimate of drug-likeness (QED) is 0.607. The number of nitro groups is 1. The zero-order valence-corrected chi connectivity index (χ0v) is 14.8. The van der Waals surface area contributed by atoms with E-state index in [0.29, 0.717) is 24.2 Å². The first-order chi connectivity index (χ1) is 11.4. The molecule has 1 aromatic heterocycles. The summed E-state index contributed by atoms with van der Waals surface area (Å²) in [6.45, 7) is 4.49. The molecule has 0 aliphatic heterocycles. The second kappa shape index (κ2) is 8.03. The average molecular weight is 347 g/mol. The van der Waals surface area contributed by atoms with Gasteiger partial charge in [0.1, 0.15) is 0 Å². The third kappa shape index (κ3) is 4.62. The lowest BCUT2D eigenvalue weighted by atomic mass is 10.1. The van der Waals surface area contributed by atoms with E-state index in [9.17, 15) is 14.9 Å². The van der Waals surface area contributed by atoms with Crippen molar-refractivity contribution >= 4 is 28.6 Å². The minimum atomic E-state index is -0.445. The average Bonchev–Trinajstić information content (AvgIpc) is 3.08. The molecule has 1 aromatic carbocycles. The number of hydrogen-bond donors (Lipinski definition) is 1. The smallest absolute Gasteiger partial charge is 0.269 e. The van der Waals surface area contributed by atoms with Crippen molar-refractivity contribution in [3.05, 3.63) is 56.3 Å². The zero-order valence-electron chi connectivity index (χ0n) is 14.0. The van der Waals surface area contributed by atoms with Crippen molar-refractivity contribution in [2.24, 2.45) is 0 Å². The number of nitrogens with one attached hydrogen (secondary N) is 1. The molecule has 7 heteroatoms. The number of carbonyl (C=O) groups excluding carboxylic acids is 1. The molecule has 1 amide bonds. The minimum Gasteiger partial charge on any atom is -0.326 e. The first kappa shape index (κ1) is 18.1. The second-order valence-corrected chi connectivity index (χ2v) is 6.71. The fraction of sp³-hybridized carbons (Fsp3) is 0.353. The van der Waals surface area contributed by atoms with E-state index in [1.807, 2.05) is 18.5 Å². The Morgan fingerprint density at radius 3 is 2.75 bits per heavy atom. The van der Waals surface area contributed by atoms with Crippen molar-refractivity contribution in [1.29, 1.82) is 0 Å². The van der Waals surface area contributed by atoms with Crippen LogP contribution in [0.1, 0.15) is 29.8 Å². The maximum Gasteiger partial charge on any atom is 0.269 e. The molecule has 0 radical (unpaired) electrons. The van der Waals surface area contributed by atoms with Gasteiger partial charge in [0.05, 0.1) is 4.92 Å². The number of anilines is 1. The summed E-state index contributed by atoms with van der Waals surface area (Å²) in [4.78, 5) is 25.8. The number of amides is 1. The monoisotopic (exact) mass is 347 g/mol. The molecule has 6 nitrogen and oxygen atoms in total. The number of benzene rings is 1. The van der Waals surface area contributed by atoms with E-state index in [0.717, 1.165) is 0 Å². The molecule has 1 N–H and O–H groups in total. The number of aryl methyl sites for hydroxylation is 1. The van der Waals surface area contributed by atoms with Gasteiger partial charge in [-0.3, -0.25) is 19.8 Å². The van der Waals surface area contributed by atoms with Crippen LogP contribution >= 0.6 is 11.3 Å². The predicted octanol–water partition coefficient (Wildman–Crippen LogP) is 3.99. The van der Waals surface area contributed by atoms with E-state index < -0.39 is 4.92 Å². The maximum absolute atomic E-state index is 12.1. The Kier molecular flexibility index (Phi) is 6.05. The summed E-state index contributed by atoms with van der Waals surface area (Å²) in [5.74, 6) is -0.0998. The molecule has 0 spiro atoms. The van der Waals surface area contributed by atoms with Gasteiger partial charge in [-0.15, -0.1) is 11.3 Å². The highest BCUT2D eigenvalue weighted by atomic mass is 32.1. The summed E-state index contributed by atoms with van der Waals surface area (Å²) in [6.07, 6.45) is 0.364. The standard InChI is InChI=1S/C17H21N3O3S/c1-12-11-14(20(22)23)6-7-15(12)18-17(21)8-9-19(3)13(2)16-5-4-10-24-16/h4-7,10-11,13H,8-9H2,1-3H3,(H,18,21)/t13-/m0/s1. The molecule has 2 aromatic rings. The van der Waals surface area contributed by atoms with Crippen molar-refractivity contribution in [3.8, 4) is 0 Å². The molecule has 0 aliphatic rings. The van der Waals surface area contributed by atoms with Crippen LogP contribution in [-0.2, 0) is 4.79 Å². The van der Waals surface area contributed by atoms with Crippen LogP contribution in [0.3, 0.4) is 0 Å². The Morgan fingerprint density at radius 1 is 1.42 bits per heavy atom. The summed E-state index contributed by atoms with van der Waals surface area (Å²) in [5.41, 5.74) is 1.31. The van der Waals surface area contributed by atoms with Gasteiger partial charge in [-0.25, -0.2) is 0 Å². The van der Waals surface area contributed by atoms with Gasteiger partial charge in [0.25, 0.3) is 5.69 Å². The number of non-ortho nitro benzene ring substituents is 1. The van der Waals surface area contributed by atoms with E-state index in [4.69, 9.17) is 0 Å². The van der Waals surface area contributed by atoms with Crippen LogP contribution in [0.5, 0.6) is 0 Å². The fourth-order valence-electron chi connectivity index (χ4n) is 2.33. The van der Waals surface area contributed by atoms with E-state index in [2.05, 4.69) is 23.2 Å². The fourth-order valence-corrected chi connectivity index (χ4v) is 3.18. The van der Waals surface area contributed by atoms with Crippen LogP contribution in [0.15, 0.2) is 35.7 Å². The first-order valence-corrected chi connectivity index (χ1v) is 8.55. The summed E-state index contributed by atoms with van der Waals surface area (Å²) in [5, 5.41) is 15.6. The third-order valence-corrected chi connectivity index (χ3v) is 5.05. The van der Waals surface area contributed by atoms with Gasteiger partial charge in [0, 0.05) is 41.7 Å². The highest BCUT2D eigenvalue weighted by Gasteiger charge is 2.15. The SMILES string of the molecule is Cc1cc([N+](=O)[O-])ccc1NC(=O)CCN(C)[C@@H](C)c1cccs1. The van der Waals surface area contributed by atoms with E-state index >= 15 is 0 Å². The molecule has 24 heavy (non-hydrogen) atoms. The maximum atomic E-state index is 12.1. The normalized spacial score (nSPS) is 12.2. The van der Waals surface area contributed by atoms with Crippen LogP contribution < -0.4 is 5.32 Å². The second-order valence-electron chi connectivity index (χ2n) is 5.73. The van der Waals surface area contributed by atoms with Crippen LogP contribution in [0.2, 0.25) is 0 Å². The van der Waals surface area contributed by atoms with E-state index in [1.54, 1.807) is 24.3 Å². The Labute approximate surface area is 145 Å². The largest absolute Gasteiger partial charge is 0.326 e. The van der Waals surface area contributed by atoms with Crippen LogP contribution in [0, 0.1) is 17.0 Å². The van der Waals surface area contributed by atoms with Gasteiger partial charge in [-0.1, -0.05) is 6.07 Å². The minimum absolute atomic E-state index is 0.0232. The van der Waals surface area contributed by atoms with E-state index in [-0.39, 0.29) is 17.6 Å². The Balaban J connectivity index is 1.88. The molecule has 128 valence electrons. The number of hydrogen-bond acceptors (Lipinski definition) is 5. The third-order valence-electron chi connectivity index (χ3n) is 4.00. The van der Waals surface area contributed by atoms with Crippen molar-refractivity contribution in [2.75, 3.05) is 18.9 Å². The van der Waals surface area contributed by atoms with Gasteiger partial charge >= 0.3 is 0 Å². The van der Waals surface area contributed by atoms with Gasteiger partial charge < -0.3 is 5.32 Å². The molecule has 0 aliphatic carbocycles. The Bertz CT molecular complexity index is 716. The summed E-state index contributed by atoms with van der Waals surface area (Å²) in [6, 6.07) is 8.80. The van der Waals surface area contributed by atoms with Crippen molar-refractivity contribution in [3.63, 3.8) is 0 Å². The number of thiophene rings is 1. The number of nitro benzene ring substituents is 1. The molecule has 0 saturated heterocycles. The highest BCUT2D eigenvalue weighted by molar-refractivity contribution is 7.10. The molecule has 0 saturated carbocycles. The van der Waals surface area contributed by atoms with Crippen LogP contribution in [-0.4, -0.2) is 29.3 Å². The summed E-state index contributed by atoms with van der Waals surface area (Å²) < 4.78 is 0. The lowest BCUT2D eigenvalue weighted by Gasteiger charge is -2.23. The predicted molar refractivity (Wildman–Crippen MR) is 96.4 cm³/mol. The topological polar surface area (TPSA) is 75.5 Å². The highest BCUT2D eigenvalue weighted by Crippen LogP contribution is 2.24. The lowest BCUT2D eigenvalue weighted by molar-refractivity contribution is -0.384. The first-order valence-electron chi connectivity index (χ1n) is 7.67. The van der Waals surface area contributed by atoms with Crippen molar-refractivity contribution in [1.82, 2.24) is 4.90 Å². The van der Waals surface area contributed by atoms with Crippen LogP contribution in [0.25, 0.3) is 0 Å². The Morgan fingerprint density at radius 2 is 2.17 bits per heavy atom. The number of carbonyl (C=O) groups is 1. The molecular weight excluding hydrogens is 326 g/mol. The summed E-state index contributed by atoms with van der Waals surface area (Å²) >= 11 is 1.70. The molecule has 1 heterocycles. The molecule has 0 fully saturated rings. The van der Waals surface area contributed by atoms with Gasteiger partial charge in [-0.05, 0) is 44.0 Å². The number of nitrogens with zero attached hydrogens (tertiary/aromatic N) is 2.